The molecule has 1 aromatic carbocycles. The predicted molar refractivity (Wildman–Crippen MR) is 77.7 cm³/mol. The lowest BCUT2D eigenvalue weighted by Gasteiger charge is -2.21. The van der Waals surface area contributed by atoms with Gasteiger partial charge in [0.05, 0.1) is 6.10 Å². The molecule has 2 N–H and O–H groups in total. The van der Waals surface area contributed by atoms with Crippen molar-refractivity contribution >= 4 is 32.8 Å². The van der Waals surface area contributed by atoms with E-state index in [1.165, 1.54) is 6.92 Å². The van der Waals surface area contributed by atoms with Crippen LogP contribution in [0.25, 0.3) is 0 Å². The van der Waals surface area contributed by atoms with Gasteiger partial charge in [-0.15, -0.1) is 0 Å². The molecule has 0 aliphatic carbocycles. The fourth-order valence-corrected chi connectivity index (χ4v) is 3.15. The molecule has 0 aliphatic rings. The van der Waals surface area contributed by atoms with Gasteiger partial charge < -0.3 is 10.2 Å². The molecule has 0 heterocycles. The number of aliphatic hydroxyl groups excluding tert-OH is 2. The summed E-state index contributed by atoms with van der Waals surface area (Å²) in [6, 6.07) is 3.80. The molecule has 0 aromatic heterocycles. The summed E-state index contributed by atoms with van der Waals surface area (Å²) in [5.41, 5.74) is 2.57. The number of aliphatic hydroxyl groups is 2. The highest BCUT2D eigenvalue weighted by molar-refractivity contribution is 9.10. The maximum atomic E-state index is 10.8. The number of benzene rings is 1. The van der Waals surface area contributed by atoms with Gasteiger partial charge in [0.15, 0.2) is 5.12 Å². The van der Waals surface area contributed by atoms with E-state index in [9.17, 15) is 15.0 Å². The van der Waals surface area contributed by atoms with Crippen molar-refractivity contribution in [2.24, 2.45) is 0 Å². The standard InChI is InChI=1S/C13H17BrO3S/c1-7-4-10(14)5-8(2)12(7)13(17)11(16)6-18-9(3)15/h4-5,11,13,16-17H,6H2,1-3H3. The minimum absolute atomic E-state index is 0.0644. The Balaban J connectivity index is 2.89. The van der Waals surface area contributed by atoms with Gasteiger partial charge in [-0.3, -0.25) is 4.79 Å². The molecule has 1 aromatic rings. The van der Waals surface area contributed by atoms with Crippen LogP contribution in [0.5, 0.6) is 0 Å². The minimum atomic E-state index is -0.968. The second-order valence-corrected chi connectivity index (χ2v) is 6.38. The maximum Gasteiger partial charge on any atom is 0.185 e. The van der Waals surface area contributed by atoms with Crippen LogP contribution in [0, 0.1) is 13.8 Å². The number of rotatable bonds is 4. The third kappa shape index (κ3) is 4.09. The summed E-state index contributed by atoms with van der Waals surface area (Å²) in [5, 5.41) is 20.0. The third-order valence-corrected chi connectivity index (χ3v) is 4.05. The van der Waals surface area contributed by atoms with Gasteiger partial charge in [-0.05, 0) is 42.7 Å². The monoisotopic (exact) mass is 332 g/mol. The number of hydrogen-bond donors (Lipinski definition) is 2. The summed E-state index contributed by atoms with van der Waals surface area (Å²) in [7, 11) is 0. The van der Waals surface area contributed by atoms with Gasteiger partial charge in [0.25, 0.3) is 0 Å². The molecular weight excluding hydrogens is 316 g/mol. The normalized spacial score (nSPS) is 14.3. The summed E-state index contributed by atoms with van der Waals surface area (Å²) in [6.07, 6.45) is -1.91. The van der Waals surface area contributed by atoms with E-state index in [0.717, 1.165) is 32.9 Å². The second-order valence-electron chi connectivity index (χ2n) is 4.27. The Kier molecular flexibility index (Phi) is 5.85. The molecule has 3 nitrogen and oxygen atoms in total. The molecule has 0 bridgehead atoms. The van der Waals surface area contributed by atoms with Gasteiger partial charge in [0.2, 0.25) is 0 Å². The number of aryl methyl sites for hydroxylation is 2. The van der Waals surface area contributed by atoms with Crippen molar-refractivity contribution in [2.75, 3.05) is 5.75 Å². The number of hydrogen-bond acceptors (Lipinski definition) is 4. The molecule has 2 atom stereocenters. The molecule has 100 valence electrons. The number of thioether (sulfide) groups is 1. The van der Waals surface area contributed by atoms with E-state index in [0.29, 0.717) is 0 Å². The largest absolute Gasteiger partial charge is 0.389 e. The Morgan fingerprint density at radius 1 is 1.33 bits per heavy atom. The van der Waals surface area contributed by atoms with Crippen molar-refractivity contribution in [1.82, 2.24) is 0 Å². The first kappa shape index (κ1) is 15.7. The molecule has 0 saturated heterocycles. The molecule has 2 unspecified atom stereocenters. The van der Waals surface area contributed by atoms with Crippen LogP contribution in [0.2, 0.25) is 0 Å². The molecule has 0 fully saturated rings. The average molecular weight is 333 g/mol. The molecule has 0 saturated carbocycles. The molecule has 0 aliphatic heterocycles. The fraction of sp³-hybridized carbons (Fsp3) is 0.462. The van der Waals surface area contributed by atoms with E-state index in [1.54, 1.807) is 0 Å². The van der Waals surface area contributed by atoms with Crippen molar-refractivity contribution < 1.29 is 15.0 Å². The van der Waals surface area contributed by atoms with Crippen molar-refractivity contribution in [3.05, 3.63) is 33.3 Å². The topological polar surface area (TPSA) is 57.5 Å². The fourth-order valence-electron chi connectivity index (χ4n) is 1.87. The van der Waals surface area contributed by atoms with Crippen molar-refractivity contribution in [1.29, 1.82) is 0 Å². The Morgan fingerprint density at radius 3 is 2.28 bits per heavy atom. The van der Waals surface area contributed by atoms with E-state index < -0.39 is 12.2 Å². The Morgan fingerprint density at radius 2 is 1.83 bits per heavy atom. The summed E-state index contributed by atoms with van der Waals surface area (Å²) >= 11 is 4.41. The zero-order chi connectivity index (χ0) is 13.9. The number of carbonyl (C=O) groups is 1. The summed E-state index contributed by atoms with van der Waals surface area (Å²) < 4.78 is 0.945. The quantitative estimate of drug-likeness (QED) is 0.890. The Hall–Kier alpha value is -0.360. The van der Waals surface area contributed by atoms with Gasteiger partial charge in [0, 0.05) is 17.1 Å². The van der Waals surface area contributed by atoms with E-state index in [4.69, 9.17) is 0 Å². The highest BCUT2D eigenvalue weighted by Gasteiger charge is 2.22. The lowest BCUT2D eigenvalue weighted by atomic mass is 9.95. The summed E-state index contributed by atoms with van der Waals surface area (Å²) in [6.45, 7) is 5.22. The van der Waals surface area contributed by atoms with Crippen LogP contribution >= 0.6 is 27.7 Å². The van der Waals surface area contributed by atoms with Gasteiger partial charge in [-0.25, -0.2) is 0 Å². The van der Waals surface area contributed by atoms with Crippen molar-refractivity contribution in [2.45, 2.75) is 33.0 Å². The number of halogens is 1. The van der Waals surface area contributed by atoms with Crippen LogP contribution in [0.15, 0.2) is 16.6 Å². The van der Waals surface area contributed by atoms with Crippen LogP contribution in [0.1, 0.15) is 29.7 Å². The Bertz CT molecular complexity index is 425. The van der Waals surface area contributed by atoms with Crippen molar-refractivity contribution in [3.63, 3.8) is 0 Å². The zero-order valence-electron chi connectivity index (χ0n) is 10.6. The van der Waals surface area contributed by atoms with Gasteiger partial charge in [-0.2, -0.15) is 0 Å². The van der Waals surface area contributed by atoms with Crippen LogP contribution in [0.3, 0.4) is 0 Å². The first-order valence-electron chi connectivity index (χ1n) is 5.59. The Labute approximate surface area is 120 Å². The zero-order valence-corrected chi connectivity index (χ0v) is 13.0. The summed E-state index contributed by atoms with van der Waals surface area (Å²) in [5.74, 6) is 0.200. The first-order chi connectivity index (χ1) is 8.32. The van der Waals surface area contributed by atoms with Gasteiger partial charge in [-0.1, -0.05) is 27.7 Å². The number of carbonyl (C=O) groups excluding carboxylic acids is 1. The van der Waals surface area contributed by atoms with Crippen molar-refractivity contribution in [3.8, 4) is 0 Å². The molecule has 0 spiro atoms. The molecule has 18 heavy (non-hydrogen) atoms. The smallest absolute Gasteiger partial charge is 0.185 e. The lowest BCUT2D eigenvalue weighted by Crippen LogP contribution is -2.23. The van der Waals surface area contributed by atoms with E-state index in [-0.39, 0.29) is 10.9 Å². The SMILES string of the molecule is CC(=O)SCC(O)C(O)c1c(C)cc(Br)cc1C. The van der Waals surface area contributed by atoms with Crippen LogP contribution in [0.4, 0.5) is 0 Å². The minimum Gasteiger partial charge on any atom is -0.389 e. The molecule has 0 radical (unpaired) electrons. The van der Waals surface area contributed by atoms with Gasteiger partial charge >= 0.3 is 0 Å². The average Bonchev–Trinajstić information content (AvgIpc) is 2.24. The first-order valence-corrected chi connectivity index (χ1v) is 7.37. The molecule has 0 amide bonds. The lowest BCUT2D eigenvalue weighted by molar-refractivity contribution is -0.109. The third-order valence-electron chi connectivity index (χ3n) is 2.68. The molecular formula is C13H17BrO3S. The van der Waals surface area contributed by atoms with E-state index in [2.05, 4.69) is 15.9 Å². The maximum absolute atomic E-state index is 10.8. The molecule has 5 heteroatoms. The highest BCUT2D eigenvalue weighted by Crippen LogP contribution is 2.29. The predicted octanol–water partition coefficient (Wildman–Crippen LogP) is 2.74. The van der Waals surface area contributed by atoms with E-state index in [1.807, 2.05) is 26.0 Å². The van der Waals surface area contributed by atoms with E-state index >= 15 is 0 Å². The van der Waals surface area contributed by atoms with Crippen LogP contribution in [-0.2, 0) is 4.79 Å². The highest BCUT2D eigenvalue weighted by atomic mass is 79.9. The summed E-state index contributed by atoms with van der Waals surface area (Å²) in [4.78, 5) is 10.8. The van der Waals surface area contributed by atoms with Gasteiger partial charge in [0.1, 0.15) is 6.10 Å². The van der Waals surface area contributed by atoms with Crippen LogP contribution in [-0.4, -0.2) is 27.2 Å². The van der Waals surface area contributed by atoms with Crippen LogP contribution < -0.4 is 0 Å². The molecule has 1 rings (SSSR count). The second kappa shape index (κ2) is 6.70.